The van der Waals surface area contributed by atoms with Crippen LogP contribution in [-0.4, -0.2) is 14.3 Å². The molecule has 0 saturated carbocycles. The van der Waals surface area contributed by atoms with Crippen LogP contribution in [0.4, 0.5) is 5.69 Å². The van der Waals surface area contributed by atoms with Gasteiger partial charge in [-0.2, -0.15) is 0 Å². The van der Waals surface area contributed by atoms with Crippen LogP contribution < -0.4 is 9.62 Å². The number of para-hydroxylation sites is 1. The number of amides is 1. The molecule has 178 valence electrons. The quantitative estimate of drug-likeness (QED) is 0.321. The third kappa shape index (κ3) is 5.91. The minimum Gasteiger partial charge on any atom is -0.348 e. The highest BCUT2D eigenvalue weighted by atomic mass is 35.5. The van der Waals surface area contributed by atoms with E-state index in [1.807, 2.05) is 49.4 Å². The van der Waals surface area contributed by atoms with Gasteiger partial charge in [-0.1, -0.05) is 83.9 Å². The molecule has 0 atom stereocenters. The average molecular weight is 505 g/mol. The van der Waals surface area contributed by atoms with Gasteiger partial charge in [0.15, 0.2) is 0 Å². The summed E-state index contributed by atoms with van der Waals surface area (Å²) in [6.07, 6.45) is 0. The first-order valence-corrected chi connectivity index (χ1v) is 12.9. The van der Waals surface area contributed by atoms with Crippen molar-refractivity contribution in [3.05, 3.63) is 130 Å². The molecule has 5 nitrogen and oxygen atoms in total. The van der Waals surface area contributed by atoms with Crippen LogP contribution in [0.2, 0.25) is 5.02 Å². The van der Waals surface area contributed by atoms with Crippen molar-refractivity contribution in [3.63, 3.8) is 0 Å². The van der Waals surface area contributed by atoms with Crippen LogP contribution in [0.15, 0.2) is 108 Å². The molecular weight excluding hydrogens is 480 g/mol. The lowest BCUT2D eigenvalue weighted by Crippen LogP contribution is -2.33. The van der Waals surface area contributed by atoms with Gasteiger partial charge in [0.1, 0.15) is 0 Å². The van der Waals surface area contributed by atoms with Gasteiger partial charge in [-0.3, -0.25) is 9.10 Å². The monoisotopic (exact) mass is 504 g/mol. The van der Waals surface area contributed by atoms with Crippen LogP contribution in [0, 0.1) is 6.92 Å². The Morgan fingerprint density at radius 3 is 2.11 bits per heavy atom. The lowest BCUT2D eigenvalue weighted by atomic mass is 10.1. The van der Waals surface area contributed by atoms with Crippen LogP contribution >= 0.6 is 11.6 Å². The van der Waals surface area contributed by atoms with Gasteiger partial charge in [0.05, 0.1) is 22.7 Å². The van der Waals surface area contributed by atoms with Crippen molar-refractivity contribution in [1.29, 1.82) is 0 Å². The summed E-state index contributed by atoms with van der Waals surface area (Å²) < 4.78 is 28.9. The third-order valence-corrected chi connectivity index (χ3v) is 7.59. The van der Waals surface area contributed by atoms with Crippen molar-refractivity contribution >= 4 is 33.2 Å². The average Bonchev–Trinajstić information content (AvgIpc) is 2.87. The van der Waals surface area contributed by atoms with Gasteiger partial charge >= 0.3 is 0 Å². The van der Waals surface area contributed by atoms with Crippen LogP contribution in [-0.2, 0) is 23.1 Å². The number of carbonyl (C=O) groups excluding carboxylic acids is 1. The van der Waals surface area contributed by atoms with Crippen LogP contribution in [0.25, 0.3) is 0 Å². The highest BCUT2D eigenvalue weighted by molar-refractivity contribution is 7.92. The van der Waals surface area contributed by atoms with Crippen molar-refractivity contribution in [2.45, 2.75) is 24.9 Å². The molecule has 0 saturated heterocycles. The highest BCUT2D eigenvalue weighted by Crippen LogP contribution is 2.29. The van der Waals surface area contributed by atoms with Crippen molar-refractivity contribution < 1.29 is 13.2 Å². The number of hydrogen-bond acceptors (Lipinski definition) is 3. The fourth-order valence-corrected chi connectivity index (χ4v) is 5.25. The summed E-state index contributed by atoms with van der Waals surface area (Å²) in [7, 11) is -3.96. The molecule has 4 aromatic carbocycles. The lowest BCUT2D eigenvalue weighted by molar-refractivity contribution is 0.0951. The van der Waals surface area contributed by atoms with E-state index in [0.29, 0.717) is 10.7 Å². The normalized spacial score (nSPS) is 11.1. The number of benzene rings is 4. The highest BCUT2D eigenvalue weighted by Gasteiger charge is 2.28. The lowest BCUT2D eigenvalue weighted by Gasteiger charge is -2.26. The number of hydrogen-bond donors (Lipinski definition) is 1. The molecular formula is C28H25ClN2O3S. The first-order valence-electron chi connectivity index (χ1n) is 11.1. The van der Waals surface area contributed by atoms with E-state index in [9.17, 15) is 13.2 Å². The molecule has 4 rings (SSSR count). The van der Waals surface area contributed by atoms with E-state index in [1.54, 1.807) is 60.7 Å². The molecule has 1 amide bonds. The van der Waals surface area contributed by atoms with Gasteiger partial charge < -0.3 is 5.32 Å². The molecule has 0 bridgehead atoms. The van der Waals surface area contributed by atoms with Gasteiger partial charge in [-0.15, -0.1) is 0 Å². The Labute approximate surface area is 211 Å². The standard InChI is InChI=1S/C28H25ClN2O3S/c1-21-11-17-25(18-12-21)35(33,34)31(20-23-7-3-2-4-8-23)27-10-6-5-9-26(27)28(32)30-19-22-13-15-24(29)16-14-22/h2-18H,19-20H2,1H3,(H,30,32). The number of carbonyl (C=O) groups is 1. The Kier molecular flexibility index (Phi) is 7.54. The van der Waals surface area contributed by atoms with Gasteiger partial charge in [0, 0.05) is 11.6 Å². The van der Waals surface area contributed by atoms with E-state index in [0.717, 1.165) is 16.7 Å². The van der Waals surface area contributed by atoms with Gasteiger partial charge in [0.25, 0.3) is 15.9 Å². The molecule has 0 radical (unpaired) electrons. The summed E-state index contributed by atoms with van der Waals surface area (Å²) in [6, 6.07) is 29.9. The molecule has 0 aliphatic heterocycles. The smallest absolute Gasteiger partial charge is 0.264 e. The second-order valence-corrected chi connectivity index (χ2v) is 10.4. The number of sulfonamides is 1. The molecule has 35 heavy (non-hydrogen) atoms. The van der Waals surface area contributed by atoms with Crippen molar-refractivity contribution in [2.24, 2.45) is 0 Å². The van der Waals surface area contributed by atoms with Crippen molar-refractivity contribution in [2.75, 3.05) is 4.31 Å². The van der Waals surface area contributed by atoms with Gasteiger partial charge in [-0.25, -0.2) is 8.42 Å². The second-order valence-electron chi connectivity index (χ2n) is 8.14. The summed E-state index contributed by atoms with van der Waals surface area (Å²) in [5.41, 5.74) is 3.23. The van der Waals surface area contributed by atoms with Crippen LogP contribution in [0.3, 0.4) is 0 Å². The fraction of sp³-hybridized carbons (Fsp3) is 0.107. The topological polar surface area (TPSA) is 66.5 Å². The summed E-state index contributed by atoms with van der Waals surface area (Å²) in [5.74, 6) is -0.368. The number of nitrogens with one attached hydrogen (secondary N) is 1. The number of nitrogens with zero attached hydrogens (tertiary/aromatic N) is 1. The van der Waals surface area contributed by atoms with E-state index in [-0.39, 0.29) is 29.5 Å². The second kappa shape index (κ2) is 10.8. The molecule has 1 N–H and O–H groups in total. The molecule has 7 heteroatoms. The van der Waals surface area contributed by atoms with Crippen LogP contribution in [0.5, 0.6) is 0 Å². The van der Waals surface area contributed by atoms with E-state index < -0.39 is 10.0 Å². The Balaban J connectivity index is 1.71. The van der Waals surface area contributed by atoms with E-state index in [4.69, 9.17) is 11.6 Å². The van der Waals surface area contributed by atoms with E-state index in [2.05, 4.69) is 5.32 Å². The molecule has 0 aliphatic carbocycles. The Hall–Kier alpha value is -3.61. The number of halogens is 1. The van der Waals surface area contributed by atoms with E-state index >= 15 is 0 Å². The molecule has 0 aromatic heterocycles. The Morgan fingerprint density at radius 2 is 1.43 bits per heavy atom. The molecule has 0 fully saturated rings. The zero-order valence-corrected chi connectivity index (χ0v) is 20.8. The predicted molar refractivity (Wildman–Crippen MR) is 140 cm³/mol. The third-order valence-electron chi connectivity index (χ3n) is 5.56. The van der Waals surface area contributed by atoms with Gasteiger partial charge in [-0.05, 0) is 54.4 Å². The molecule has 0 unspecified atom stereocenters. The summed E-state index contributed by atoms with van der Waals surface area (Å²) in [6.45, 7) is 2.27. The zero-order valence-electron chi connectivity index (χ0n) is 19.2. The number of rotatable bonds is 8. The van der Waals surface area contributed by atoms with Gasteiger partial charge in [0.2, 0.25) is 0 Å². The summed E-state index contributed by atoms with van der Waals surface area (Å²) in [5, 5.41) is 3.50. The summed E-state index contributed by atoms with van der Waals surface area (Å²) >= 11 is 5.94. The predicted octanol–water partition coefficient (Wildman–Crippen LogP) is 5.97. The first-order chi connectivity index (χ1) is 16.8. The molecule has 0 spiro atoms. The summed E-state index contributed by atoms with van der Waals surface area (Å²) in [4.78, 5) is 13.4. The molecule has 0 heterocycles. The fourth-order valence-electron chi connectivity index (χ4n) is 3.65. The van der Waals surface area contributed by atoms with Crippen LogP contribution in [0.1, 0.15) is 27.0 Å². The first kappa shape index (κ1) is 24.5. The van der Waals surface area contributed by atoms with Crippen molar-refractivity contribution in [3.8, 4) is 0 Å². The Morgan fingerprint density at radius 1 is 0.800 bits per heavy atom. The maximum atomic E-state index is 13.8. The Bertz CT molecular complexity index is 1410. The number of aryl methyl sites for hydroxylation is 1. The number of anilines is 1. The largest absolute Gasteiger partial charge is 0.348 e. The minimum absolute atomic E-state index is 0.0819. The maximum absolute atomic E-state index is 13.8. The molecule has 4 aromatic rings. The maximum Gasteiger partial charge on any atom is 0.264 e. The zero-order chi connectivity index (χ0) is 24.8. The van der Waals surface area contributed by atoms with E-state index in [1.165, 1.54) is 4.31 Å². The minimum atomic E-state index is -3.96. The molecule has 0 aliphatic rings. The van der Waals surface area contributed by atoms with Crippen molar-refractivity contribution in [1.82, 2.24) is 5.32 Å². The SMILES string of the molecule is Cc1ccc(S(=O)(=O)N(Cc2ccccc2)c2ccccc2C(=O)NCc2ccc(Cl)cc2)cc1.